The van der Waals surface area contributed by atoms with E-state index in [-0.39, 0.29) is 0 Å². The van der Waals surface area contributed by atoms with Crippen molar-refractivity contribution in [1.29, 1.82) is 0 Å². The molecule has 1 heteroatoms. The zero-order chi connectivity index (χ0) is 13.4. The second kappa shape index (κ2) is 8.59. The molecule has 0 aromatic heterocycles. The summed E-state index contributed by atoms with van der Waals surface area (Å²) in [6.07, 6.45) is 13.6. The molecular formula is C17H31N. The summed E-state index contributed by atoms with van der Waals surface area (Å²) in [5.41, 5.74) is 0. The Hall–Kier alpha value is -0.480. The average molecular weight is 249 g/mol. The van der Waals surface area contributed by atoms with Crippen LogP contribution in [0.1, 0.15) is 59.3 Å². The van der Waals surface area contributed by atoms with Crippen LogP contribution < -0.4 is 0 Å². The molecule has 0 amide bonds. The van der Waals surface area contributed by atoms with Crippen molar-refractivity contribution in [3.05, 3.63) is 0 Å². The van der Waals surface area contributed by atoms with Crippen LogP contribution >= 0.6 is 0 Å². The number of nitrogens with zero attached hydrogens (tertiary/aromatic N) is 1. The lowest BCUT2D eigenvalue weighted by atomic mass is 10.0. The Morgan fingerprint density at radius 2 is 2.06 bits per heavy atom. The van der Waals surface area contributed by atoms with Gasteiger partial charge in [0, 0.05) is 6.54 Å². The Kier molecular flexibility index (Phi) is 7.44. The standard InChI is InChI=1S/C17H31N/c1-5-8-9-12-18(11-7-3)14-15(4)17-13-16(17)10-6-2/h3,15-17H,5-6,8-14H2,1-2,4H3. The van der Waals surface area contributed by atoms with Gasteiger partial charge in [0.1, 0.15) is 0 Å². The predicted octanol–water partition coefficient (Wildman–Crippen LogP) is 4.18. The molecule has 0 aliphatic heterocycles. The molecular weight excluding hydrogens is 218 g/mol. The van der Waals surface area contributed by atoms with Crippen molar-refractivity contribution in [1.82, 2.24) is 4.90 Å². The first-order chi connectivity index (χ1) is 8.72. The largest absolute Gasteiger partial charge is 0.292 e. The number of hydrogen-bond acceptors (Lipinski definition) is 1. The van der Waals surface area contributed by atoms with Gasteiger partial charge in [0.25, 0.3) is 0 Å². The summed E-state index contributed by atoms with van der Waals surface area (Å²) in [4.78, 5) is 2.49. The fraction of sp³-hybridized carbons (Fsp3) is 0.882. The molecule has 104 valence electrons. The normalized spacial score (nSPS) is 23.9. The molecule has 0 bridgehead atoms. The third kappa shape index (κ3) is 5.44. The fourth-order valence-corrected chi connectivity index (χ4v) is 3.16. The predicted molar refractivity (Wildman–Crippen MR) is 80.5 cm³/mol. The Morgan fingerprint density at radius 1 is 1.28 bits per heavy atom. The lowest BCUT2D eigenvalue weighted by Crippen LogP contribution is -2.31. The summed E-state index contributed by atoms with van der Waals surface area (Å²) < 4.78 is 0. The van der Waals surface area contributed by atoms with Gasteiger partial charge in [0.05, 0.1) is 6.54 Å². The van der Waals surface area contributed by atoms with Gasteiger partial charge in [-0.25, -0.2) is 0 Å². The highest BCUT2D eigenvalue weighted by molar-refractivity contribution is 4.93. The van der Waals surface area contributed by atoms with Gasteiger partial charge in [0.15, 0.2) is 0 Å². The Morgan fingerprint density at radius 3 is 2.67 bits per heavy atom. The molecule has 3 atom stereocenters. The Labute approximate surface area is 114 Å². The molecule has 1 fully saturated rings. The van der Waals surface area contributed by atoms with E-state index in [0.717, 1.165) is 24.3 Å². The highest BCUT2D eigenvalue weighted by Gasteiger charge is 2.40. The lowest BCUT2D eigenvalue weighted by molar-refractivity contribution is 0.241. The van der Waals surface area contributed by atoms with Crippen LogP contribution in [0.2, 0.25) is 0 Å². The Balaban J connectivity index is 2.25. The first kappa shape index (κ1) is 15.6. The van der Waals surface area contributed by atoms with Gasteiger partial charge in [0.2, 0.25) is 0 Å². The smallest absolute Gasteiger partial charge is 0.0599 e. The van der Waals surface area contributed by atoms with Crippen LogP contribution in [0.15, 0.2) is 0 Å². The second-order valence-corrected chi connectivity index (χ2v) is 6.07. The van der Waals surface area contributed by atoms with Gasteiger partial charge < -0.3 is 0 Å². The van der Waals surface area contributed by atoms with Gasteiger partial charge in [-0.15, -0.1) is 6.42 Å². The molecule has 1 aliphatic carbocycles. The lowest BCUT2D eigenvalue weighted by Gasteiger charge is -2.24. The van der Waals surface area contributed by atoms with Crippen LogP contribution in [0.25, 0.3) is 0 Å². The molecule has 18 heavy (non-hydrogen) atoms. The van der Waals surface area contributed by atoms with Crippen molar-refractivity contribution in [3.8, 4) is 12.3 Å². The van der Waals surface area contributed by atoms with Gasteiger partial charge in [-0.2, -0.15) is 0 Å². The van der Waals surface area contributed by atoms with Crippen molar-refractivity contribution in [2.75, 3.05) is 19.6 Å². The van der Waals surface area contributed by atoms with Crippen LogP contribution in [0, 0.1) is 30.1 Å². The molecule has 0 N–H and O–H groups in total. The molecule has 1 saturated carbocycles. The molecule has 0 aromatic rings. The van der Waals surface area contributed by atoms with Gasteiger partial charge in [-0.3, -0.25) is 4.90 Å². The van der Waals surface area contributed by atoms with E-state index in [1.165, 1.54) is 51.6 Å². The monoisotopic (exact) mass is 249 g/mol. The molecule has 3 unspecified atom stereocenters. The number of hydrogen-bond donors (Lipinski definition) is 0. The maximum absolute atomic E-state index is 5.48. The number of rotatable bonds is 10. The van der Waals surface area contributed by atoms with Crippen LogP contribution in [0.4, 0.5) is 0 Å². The average Bonchev–Trinajstić information content (AvgIpc) is 3.09. The highest BCUT2D eigenvalue weighted by atomic mass is 15.1. The highest BCUT2D eigenvalue weighted by Crippen LogP contribution is 2.47. The summed E-state index contributed by atoms with van der Waals surface area (Å²) in [5, 5.41) is 0. The van der Waals surface area contributed by atoms with Gasteiger partial charge in [-0.1, -0.05) is 52.4 Å². The van der Waals surface area contributed by atoms with Crippen molar-refractivity contribution in [2.24, 2.45) is 17.8 Å². The summed E-state index contributed by atoms with van der Waals surface area (Å²) in [7, 11) is 0. The molecule has 0 spiro atoms. The van der Waals surface area contributed by atoms with Crippen LogP contribution in [-0.4, -0.2) is 24.5 Å². The topological polar surface area (TPSA) is 3.24 Å². The number of unbranched alkanes of at least 4 members (excludes halogenated alkanes) is 2. The SMILES string of the molecule is C#CCN(CCCCC)CC(C)C1CC1CCC. The molecule has 1 nitrogen and oxygen atoms in total. The molecule has 1 rings (SSSR count). The summed E-state index contributed by atoms with van der Waals surface area (Å²) in [6.45, 7) is 10.2. The van der Waals surface area contributed by atoms with Crippen LogP contribution in [-0.2, 0) is 0 Å². The molecule has 0 aromatic carbocycles. The van der Waals surface area contributed by atoms with E-state index in [1.807, 2.05) is 0 Å². The first-order valence-electron chi connectivity index (χ1n) is 7.88. The fourth-order valence-electron chi connectivity index (χ4n) is 3.16. The minimum absolute atomic E-state index is 0.830. The molecule has 0 saturated heterocycles. The maximum atomic E-state index is 5.48. The third-order valence-corrected chi connectivity index (χ3v) is 4.31. The summed E-state index contributed by atoms with van der Waals surface area (Å²) in [6, 6.07) is 0. The summed E-state index contributed by atoms with van der Waals surface area (Å²) in [5.74, 6) is 5.66. The third-order valence-electron chi connectivity index (χ3n) is 4.31. The van der Waals surface area contributed by atoms with Crippen molar-refractivity contribution >= 4 is 0 Å². The van der Waals surface area contributed by atoms with E-state index in [2.05, 4.69) is 31.6 Å². The minimum atomic E-state index is 0.830. The molecule has 0 radical (unpaired) electrons. The van der Waals surface area contributed by atoms with Gasteiger partial charge >= 0.3 is 0 Å². The first-order valence-corrected chi connectivity index (χ1v) is 7.88. The minimum Gasteiger partial charge on any atom is -0.292 e. The second-order valence-electron chi connectivity index (χ2n) is 6.07. The van der Waals surface area contributed by atoms with Crippen LogP contribution in [0.3, 0.4) is 0 Å². The van der Waals surface area contributed by atoms with Crippen molar-refractivity contribution in [2.45, 2.75) is 59.3 Å². The molecule has 0 heterocycles. The van der Waals surface area contributed by atoms with Gasteiger partial charge in [-0.05, 0) is 37.1 Å². The summed E-state index contributed by atoms with van der Waals surface area (Å²) >= 11 is 0. The van der Waals surface area contributed by atoms with E-state index in [0.29, 0.717) is 0 Å². The maximum Gasteiger partial charge on any atom is 0.0599 e. The van der Waals surface area contributed by atoms with Crippen LogP contribution in [0.5, 0.6) is 0 Å². The van der Waals surface area contributed by atoms with E-state index in [4.69, 9.17) is 6.42 Å². The quantitative estimate of drug-likeness (QED) is 0.414. The Bertz CT molecular complexity index is 253. The van der Waals surface area contributed by atoms with E-state index in [1.54, 1.807) is 0 Å². The van der Waals surface area contributed by atoms with Crippen molar-refractivity contribution < 1.29 is 0 Å². The van der Waals surface area contributed by atoms with E-state index < -0.39 is 0 Å². The number of terminal acetylenes is 1. The van der Waals surface area contributed by atoms with Crippen molar-refractivity contribution in [3.63, 3.8) is 0 Å². The van der Waals surface area contributed by atoms with E-state index >= 15 is 0 Å². The zero-order valence-corrected chi connectivity index (χ0v) is 12.6. The van der Waals surface area contributed by atoms with E-state index in [9.17, 15) is 0 Å². The zero-order valence-electron chi connectivity index (χ0n) is 12.6. The molecule has 1 aliphatic rings.